The van der Waals surface area contributed by atoms with Crippen LogP contribution in [-0.2, 0) is 14.5 Å². The summed E-state index contributed by atoms with van der Waals surface area (Å²) >= 11 is 13.6. The van der Waals surface area contributed by atoms with Crippen LogP contribution in [0, 0.1) is 5.92 Å². The van der Waals surface area contributed by atoms with Crippen molar-refractivity contribution in [3.8, 4) is 0 Å². The Morgan fingerprint density at radius 2 is 2.03 bits per heavy atom. The van der Waals surface area contributed by atoms with Gasteiger partial charge in [-0.05, 0) is 25.0 Å². The van der Waals surface area contributed by atoms with Gasteiger partial charge in [-0.15, -0.1) is 11.3 Å². The van der Waals surface area contributed by atoms with Crippen molar-refractivity contribution in [1.82, 2.24) is 9.97 Å². The first-order valence-corrected chi connectivity index (χ1v) is 13.8. The van der Waals surface area contributed by atoms with Gasteiger partial charge < -0.3 is 15.5 Å². The molecule has 1 fully saturated rings. The highest BCUT2D eigenvalue weighted by molar-refractivity contribution is 7.84. The van der Waals surface area contributed by atoms with E-state index >= 15 is 0 Å². The van der Waals surface area contributed by atoms with E-state index in [4.69, 9.17) is 28.3 Å². The fourth-order valence-corrected chi connectivity index (χ4v) is 5.95. The number of halogens is 2. The summed E-state index contributed by atoms with van der Waals surface area (Å²) in [7, 11) is -4.12. The molecular weight excluding hydrogens is 551 g/mol. The molecule has 0 unspecified atom stereocenters. The second kappa shape index (κ2) is 11.1. The molecule has 0 aliphatic heterocycles. The SMILES string of the molecule is NS(=O)(=O)OC[C@H]1C[C@@H](Nc2ncncc2C(=O)c2cc([C@H](O)c3ccccc3Cl)c(Cl)s2)C[C@@H]1O. The molecular formula is C22H22Cl2N4O6S2. The summed E-state index contributed by atoms with van der Waals surface area (Å²) in [5.74, 6) is -0.625. The largest absolute Gasteiger partial charge is 0.393 e. The molecule has 2 heterocycles. The van der Waals surface area contributed by atoms with Gasteiger partial charge in [-0.2, -0.15) is 8.42 Å². The Hall–Kier alpha value is -2.16. The van der Waals surface area contributed by atoms with Crippen LogP contribution in [0.3, 0.4) is 0 Å². The van der Waals surface area contributed by atoms with Crippen molar-refractivity contribution in [1.29, 1.82) is 0 Å². The number of nitrogens with zero attached hydrogens (tertiary/aromatic N) is 2. The number of aliphatic hydroxyl groups excluding tert-OH is 2. The summed E-state index contributed by atoms with van der Waals surface area (Å²) in [6.45, 7) is -0.252. The molecule has 4 rings (SSSR count). The minimum Gasteiger partial charge on any atom is -0.393 e. The van der Waals surface area contributed by atoms with E-state index in [1.165, 1.54) is 18.6 Å². The third-order valence-electron chi connectivity index (χ3n) is 5.83. The number of aliphatic hydroxyl groups is 2. The van der Waals surface area contributed by atoms with Gasteiger partial charge in [0.2, 0.25) is 5.78 Å². The molecule has 0 spiro atoms. The number of anilines is 1. The third-order valence-corrected chi connectivity index (χ3v) is 8.03. The first-order valence-electron chi connectivity index (χ1n) is 10.7. The van der Waals surface area contributed by atoms with E-state index in [2.05, 4.69) is 19.5 Å². The first-order chi connectivity index (χ1) is 17.0. The van der Waals surface area contributed by atoms with Gasteiger partial charge in [0, 0.05) is 34.3 Å². The minimum atomic E-state index is -4.12. The van der Waals surface area contributed by atoms with Crippen molar-refractivity contribution in [3.05, 3.63) is 73.8 Å². The van der Waals surface area contributed by atoms with E-state index in [0.29, 0.717) is 22.6 Å². The smallest absolute Gasteiger partial charge is 0.333 e. The van der Waals surface area contributed by atoms with Crippen molar-refractivity contribution in [2.24, 2.45) is 11.1 Å². The van der Waals surface area contributed by atoms with Gasteiger partial charge in [-0.25, -0.2) is 15.1 Å². The Labute approximate surface area is 221 Å². The van der Waals surface area contributed by atoms with Crippen molar-refractivity contribution in [3.63, 3.8) is 0 Å². The number of rotatable bonds is 9. The van der Waals surface area contributed by atoms with Gasteiger partial charge in [0.25, 0.3) is 0 Å². The molecule has 4 atom stereocenters. The van der Waals surface area contributed by atoms with Crippen LogP contribution < -0.4 is 10.5 Å². The summed E-state index contributed by atoms with van der Waals surface area (Å²) in [5.41, 5.74) is 0.984. The lowest BCUT2D eigenvalue weighted by Crippen LogP contribution is -2.24. The molecule has 36 heavy (non-hydrogen) atoms. The van der Waals surface area contributed by atoms with Crippen molar-refractivity contribution >= 4 is 56.4 Å². The molecule has 1 aliphatic carbocycles. The molecule has 0 bridgehead atoms. The molecule has 1 aliphatic rings. The second-order valence-electron chi connectivity index (χ2n) is 8.30. The molecule has 0 saturated heterocycles. The van der Waals surface area contributed by atoms with Crippen molar-refractivity contribution in [2.75, 3.05) is 11.9 Å². The summed E-state index contributed by atoms with van der Waals surface area (Å²) < 4.78 is 27.0. The van der Waals surface area contributed by atoms with Gasteiger partial charge in [0.15, 0.2) is 0 Å². The van der Waals surface area contributed by atoms with Crippen LogP contribution in [0.15, 0.2) is 42.9 Å². The molecule has 5 N–H and O–H groups in total. The highest BCUT2D eigenvalue weighted by Gasteiger charge is 2.35. The maximum atomic E-state index is 13.3. The van der Waals surface area contributed by atoms with Gasteiger partial charge in [0.1, 0.15) is 18.2 Å². The van der Waals surface area contributed by atoms with E-state index in [0.717, 1.165) is 11.3 Å². The van der Waals surface area contributed by atoms with E-state index in [-0.39, 0.29) is 39.7 Å². The van der Waals surface area contributed by atoms with Crippen molar-refractivity contribution in [2.45, 2.75) is 31.1 Å². The Bertz CT molecular complexity index is 1370. The first kappa shape index (κ1) is 26.9. The van der Waals surface area contributed by atoms with E-state index in [1.54, 1.807) is 24.3 Å². The number of carbonyl (C=O) groups excluding carboxylic acids is 1. The number of carbonyl (C=O) groups is 1. The number of benzene rings is 1. The number of hydrogen-bond acceptors (Lipinski definition) is 10. The van der Waals surface area contributed by atoms with E-state index < -0.39 is 34.2 Å². The molecule has 10 nitrogen and oxygen atoms in total. The number of hydrogen-bond donors (Lipinski definition) is 4. The van der Waals surface area contributed by atoms with Crippen LogP contribution in [0.5, 0.6) is 0 Å². The summed E-state index contributed by atoms with van der Waals surface area (Å²) in [6, 6.07) is 8.01. The van der Waals surface area contributed by atoms with Crippen molar-refractivity contribution < 1.29 is 27.6 Å². The average molecular weight is 573 g/mol. The molecule has 2 aromatic heterocycles. The quantitative estimate of drug-likeness (QED) is 0.282. The summed E-state index contributed by atoms with van der Waals surface area (Å²) in [4.78, 5) is 21.8. The maximum absolute atomic E-state index is 13.3. The Morgan fingerprint density at radius 3 is 2.75 bits per heavy atom. The fraction of sp³-hybridized carbons (Fsp3) is 0.318. The van der Waals surface area contributed by atoms with Gasteiger partial charge in [0.05, 0.1) is 27.5 Å². The number of nitrogens with one attached hydrogen (secondary N) is 1. The molecule has 1 aromatic carbocycles. The van der Waals surface area contributed by atoms with Crippen LogP contribution in [0.25, 0.3) is 0 Å². The zero-order valence-corrected chi connectivity index (χ0v) is 21.7. The average Bonchev–Trinajstić information content (AvgIpc) is 3.39. The minimum absolute atomic E-state index is 0.174. The van der Waals surface area contributed by atoms with Crippen LogP contribution >= 0.6 is 34.5 Å². The van der Waals surface area contributed by atoms with E-state index in [9.17, 15) is 23.4 Å². The number of thiophene rings is 1. The van der Waals surface area contributed by atoms with E-state index in [1.807, 2.05) is 0 Å². The molecule has 0 amide bonds. The monoisotopic (exact) mass is 572 g/mol. The van der Waals surface area contributed by atoms with Gasteiger partial charge >= 0.3 is 10.3 Å². The maximum Gasteiger partial charge on any atom is 0.333 e. The Balaban J connectivity index is 1.52. The Morgan fingerprint density at radius 1 is 1.28 bits per heavy atom. The number of aromatic nitrogens is 2. The predicted molar refractivity (Wildman–Crippen MR) is 136 cm³/mol. The molecule has 0 radical (unpaired) electrons. The Kier molecular flexibility index (Phi) is 8.27. The molecule has 1 saturated carbocycles. The predicted octanol–water partition coefficient (Wildman–Crippen LogP) is 2.93. The standard InChI is InChI=1S/C22H22Cl2N4O6S2/c23-16-4-2-1-3-13(16)19(30)14-7-18(35-21(14)24)20(31)15-8-26-10-27-22(15)28-12-5-11(17(29)6-12)9-34-36(25,32)33/h1-4,7-8,10-12,17,19,29-30H,5-6,9H2,(H2,25,32,33)(H,26,27,28)/t11-,12-,17+,19-/m1/s1. The number of ketones is 1. The van der Waals surface area contributed by atoms with Crippen LogP contribution in [0.1, 0.15) is 45.3 Å². The molecule has 14 heteroatoms. The third kappa shape index (κ3) is 6.21. The van der Waals surface area contributed by atoms with Crippen LogP contribution in [0.2, 0.25) is 9.36 Å². The lowest BCUT2D eigenvalue weighted by molar-refractivity contribution is 0.101. The lowest BCUT2D eigenvalue weighted by atomic mass is 10.0. The topological polar surface area (TPSA) is 165 Å². The second-order valence-corrected chi connectivity index (χ2v) is 11.6. The lowest BCUT2D eigenvalue weighted by Gasteiger charge is -2.15. The molecule has 192 valence electrons. The summed E-state index contributed by atoms with van der Waals surface area (Å²) in [5, 5.41) is 29.5. The van der Waals surface area contributed by atoms with Crippen LogP contribution in [0.4, 0.5) is 5.82 Å². The zero-order chi connectivity index (χ0) is 26.0. The number of nitrogens with two attached hydrogens (primary N) is 1. The summed E-state index contributed by atoms with van der Waals surface area (Å²) in [6.07, 6.45) is 1.35. The van der Waals surface area contributed by atoms with Gasteiger partial charge in [-0.3, -0.25) is 8.98 Å². The highest BCUT2D eigenvalue weighted by atomic mass is 35.5. The zero-order valence-electron chi connectivity index (χ0n) is 18.5. The van der Waals surface area contributed by atoms with Gasteiger partial charge in [-0.1, -0.05) is 41.4 Å². The fourth-order valence-electron chi connectivity index (χ4n) is 4.06. The van der Waals surface area contributed by atoms with Crippen LogP contribution in [-0.4, -0.2) is 53.1 Å². The molecule has 3 aromatic rings. The normalized spacial score (nSPS) is 20.9. The highest BCUT2D eigenvalue weighted by Crippen LogP contribution is 2.38.